The molecule has 0 aliphatic heterocycles. The second kappa shape index (κ2) is 5.12. The quantitative estimate of drug-likeness (QED) is 0.914. The highest BCUT2D eigenvalue weighted by molar-refractivity contribution is 7.11. The molecule has 2 nitrogen and oxygen atoms in total. The number of benzene rings is 1. The summed E-state index contributed by atoms with van der Waals surface area (Å²) in [5, 5.41) is 0. The Bertz CT molecular complexity index is 547. The topological polar surface area (TPSA) is 35.2 Å². The van der Waals surface area contributed by atoms with Crippen LogP contribution in [0.5, 0.6) is 5.75 Å². The Labute approximate surface area is 111 Å². The summed E-state index contributed by atoms with van der Waals surface area (Å²) in [5.41, 5.74) is 8.55. The Morgan fingerprint density at radius 1 is 1.06 bits per heavy atom. The van der Waals surface area contributed by atoms with Gasteiger partial charge in [0.05, 0.1) is 0 Å². The third-order valence-electron chi connectivity index (χ3n) is 3.37. The molecule has 0 radical (unpaired) electrons. The molecule has 2 N–H and O–H groups in total. The summed E-state index contributed by atoms with van der Waals surface area (Å²) in [4.78, 5) is 2.44. The van der Waals surface area contributed by atoms with E-state index in [1.54, 1.807) is 11.3 Å². The van der Waals surface area contributed by atoms with E-state index in [1.807, 2.05) is 0 Å². The SMILES string of the molecule is NCc1ccc(COc2ccc3c(c2)CCC3)s1. The maximum Gasteiger partial charge on any atom is 0.122 e. The number of aryl methyl sites for hydroxylation is 2. The average molecular weight is 259 g/mol. The van der Waals surface area contributed by atoms with Crippen LogP contribution in [0.3, 0.4) is 0 Å². The van der Waals surface area contributed by atoms with Crippen LogP contribution in [0.25, 0.3) is 0 Å². The van der Waals surface area contributed by atoms with Gasteiger partial charge in [-0.1, -0.05) is 6.07 Å². The fourth-order valence-electron chi connectivity index (χ4n) is 2.40. The van der Waals surface area contributed by atoms with E-state index in [0.717, 1.165) is 5.75 Å². The van der Waals surface area contributed by atoms with E-state index >= 15 is 0 Å². The van der Waals surface area contributed by atoms with Crippen molar-refractivity contribution in [1.29, 1.82) is 0 Å². The third-order valence-corrected chi connectivity index (χ3v) is 4.45. The Morgan fingerprint density at radius 2 is 1.89 bits per heavy atom. The summed E-state index contributed by atoms with van der Waals surface area (Å²) in [5.74, 6) is 0.985. The van der Waals surface area contributed by atoms with Crippen LogP contribution in [-0.4, -0.2) is 0 Å². The molecule has 0 atom stereocenters. The first kappa shape index (κ1) is 11.8. The minimum atomic E-state index is 0.615. The van der Waals surface area contributed by atoms with Crippen LogP contribution in [-0.2, 0) is 26.0 Å². The first-order valence-electron chi connectivity index (χ1n) is 6.37. The van der Waals surface area contributed by atoms with E-state index in [1.165, 1.54) is 40.1 Å². The number of hydrogen-bond acceptors (Lipinski definition) is 3. The summed E-state index contributed by atoms with van der Waals surface area (Å²) < 4.78 is 5.84. The Kier molecular flexibility index (Phi) is 3.35. The molecule has 94 valence electrons. The molecule has 3 heteroatoms. The lowest BCUT2D eigenvalue weighted by molar-refractivity contribution is 0.309. The summed E-state index contributed by atoms with van der Waals surface area (Å²) in [6.07, 6.45) is 3.70. The zero-order valence-electron chi connectivity index (χ0n) is 10.3. The van der Waals surface area contributed by atoms with Gasteiger partial charge in [-0.05, 0) is 54.7 Å². The van der Waals surface area contributed by atoms with Crippen LogP contribution in [0, 0.1) is 0 Å². The Morgan fingerprint density at radius 3 is 2.72 bits per heavy atom. The maximum atomic E-state index is 5.84. The fourth-order valence-corrected chi connectivity index (χ4v) is 3.21. The van der Waals surface area contributed by atoms with Gasteiger partial charge >= 0.3 is 0 Å². The summed E-state index contributed by atoms with van der Waals surface area (Å²) in [6.45, 7) is 1.26. The average Bonchev–Trinajstić information content (AvgIpc) is 3.04. The van der Waals surface area contributed by atoms with E-state index in [0.29, 0.717) is 13.2 Å². The molecule has 1 aromatic carbocycles. The van der Waals surface area contributed by atoms with E-state index in [-0.39, 0.29) is 0 Å². The van der Waals surface area contributed by atoms with E-state index in [9.17, 15) is 0 Å². The molecule has 0 saturated carbocycles. The highest BCUT2D eigenvalue weighted by Crippen LogP contribution is 2.27. The Hall–Kier alpha value is -1.32. The lowest BCUT2D eigenvalue weighted by Crippen LogP contribution is -1.94. The van der Waals surface area contributed by atoms with Gasteiger partial charge in [0.15, 0.2) is 0 Å². The summed E-state index contributed by atoms with van der Waals surface area (Å²) >= 11 is 1.73. The minimum Gasteiger partial charge on any atom is -0.488 e. The molecule has 18 heavy (non-hydrogen) atoms. The number of hydrogen-bond donors (Lipinski definition) is 1. The second-order valence-electron chi connectivity index (χ2n) is 4.64. The molecule has 0 amide bonds. The first-order valence-corrected chi connectivity index (χ1v) is 7.19. The van der Waals surface area contributed by atoms with Gasteiger partial charge in [-0.2, -0.15) is 0 Å². The van der Waals surface area contributed by atoms with Crippen LogP contribution in [0.15, 0.2) is 30.3 Å². The maximum absolute atomic E-state index is 5.84. The van der Waals surface area contributed by atoms with Crippen LogP contribution in [0.2, 0.25) is 0 Å². The molecule has 0 spiro atoms. The molecule has 1 aliphatic rings. The van der Waals surface area contributed by atoms with Gasteiger partial charge in [0.1, 0.15) is 12.4 Å². The molecular formula is C15H17NOS. The molecule has 0 bridgehead atoms. The summed E-state index contributed by atoms with van der Waals surface area (Å²) in [6, 6.07) is 10.7. The van der Waals surface area contributed by atoms with Gasteiger partial charge in [-0.3, -0.25) is 0 Å². The van der Waals surface area contributed by atoms with Gasteiger partial charge < -0.3 is 10.5 Å². The van der Waals surface area contributed by atoms with Crippen molar-refractivity contribution in [3.8, 4) is 5.75 Å². The highest BCUT2D eigenvalue weighted by Gasteiger charge is 2.11. The van der Waals surface area contributed by atoms with Crippen molar-refractivity contribution in [2.45, 2.75) is 32.4 Å². The molecule has 1 aromatic heterocycles. The number of nitrogens with two attached hydrogens (primary N) is 1. The van der Waals surface area contributed by atoms with Crippen molar-refractivity contribution >= 4 is 11.3 Å². The lowest BCUT2D eigenvalue weighted by Gasteiger charge is -2.06. The van der Waals surface area contributed by atoms with Crippen molar-refractivity contribution in [2.24, 2.45) is 5.73 Å². The van der Waals surface area contributed by atoms with Crippen LogP contribution >= 0.6 is 11.3 Å². The molecule has 1 aliphatic carbocycles. The van der Waals surface area contributed by atoms with Gasteiger partial charge in [0.2, 0.25) is 0 Å². The van der Waals surface area contributed by atoms with Crippen LogP contribution in [0.4, 0.5) is 0 Å². The molecule has 0 fully saturated rings. The van der Waals surface area contributed by atoms with Gasteiger partial charge in [-0.15, -0.1) is 11.3 Å². The third kappa shape index (κ3) is 2.42. The predicted octanol–water partition coefficient (Wildman–Crippen LogP) is 3.27. The van der Waals surface area contributed by atoms with Gasteiger partial charge in [0, 0.05) is 16.3 Å². The fraction of sp³-hybridized carbons (Fsp3) is 0.333. The monoisotopic (exact) mass is 259 g/mol. The minimum absolute atomic E-state index is 0.615. The normalized spacial score (nSPS) is 13.6. The summed E-state index contributed by atoms with van der Waals surface area (Å²) in [7, 11) is 0. The van der Waals surface area contributed by atoms with E-state index < -0.39 is 0 Å². The van der Waals surface area contributed by atoms with Crippen molar-refractivity contribution in [3.05, 3.63) is 51.2 Å². The first-order chi connectivity index (χ1) is 8.85. The van der Waals surface area contributed by atoms with E-state index in [2.05, 4.69) is 30.3 Å². The van der Waals surface area contributed by atoms with E-state index in [4.69, 9.17) is 10.5 Å². The largest absolute Gasteiger partial charge is 0.488 e. The van der Waals surface area contributed by atoms with Crippen LogP contribution in [0.1, 0.15) is 27.3 Å². The molecule has 2 aromatic rings. The molecule has 3 rings (SSSR count). The number of ether oxygens (including phenoxy) is 1. The zero-order valence-corrected chi connectivity index (χ0v) is 11.1. The number of fused-ring (bicyclic) bond motifs is 1. The van der Waals surface area contributed by atoms with Gasteiger partial charge in [-0.25, -0.2) is 0 Å². The van der Waals surface area contributed by atoms with Crippen molar-refractivity contribution in [2.75, 3.05) is 0 Å². The van der Waals surface area contributed by atoms with Crippen molar-refractivity contribution in [3.63, 3.8) is 0 Å². The highest BCUT2D eigenvalue weighted by atomic mass is 32.1. The van der Waals surface area contributed by atoms with Crippen molar-refractivity contribution < 1.29 is 4.74 Å². The molecule has 0 unspecified atom stereocenters. The van der Waals surface area contributed by atoms with Crippen LogP contribution < -0.4 is 10.5 Å². The second-order valence-corrected chi connectivity index (χ2v) is 5.90. The van der Waals surface area contributed by atoms with Gasteiger partial charge in [0.25, 0.3) is 0 Å². The van der Waals surface area contributed by atoms with Crippen molar-refractivity contribution in [1.82, 2.24) is 0 Å². The molecule has 1 heterocycles. The Balaban J connectivity index is 1.66. The standard InChI is InChI=1S/C15H17NOS/c16-9-14-6-7-15(18-14)10-17-13-5-4-11-2-1-3-12(11)8-13/h4-8H,1-3,9-10,16H2. The lowest BCUT2D eigenvalue weighted by atomic mass is 10.1. The molecular weight excluding hydrogens is 242 g/mol. The molecule has 0 saturated heterocycles. The predicted molar refractivity (Wildman–Crippen MR) is 75.0 cm³/mol. The smallest absolute Gasteiger partial charge is 0.122 e. The number of rotatable bonds is 4. The number of thiophene rings is 1. The zero-order chi connectivity index (χ0) is 12.4.